The van der Waals surface area contributed by atoms with Gasteiger partial charge in [-0.25, -0.2) is 15.0 Å². The third-order valence-corrected chi connectivity index (χ3v) is 3.66. The van der Waals surface area contributed by atoms with Crippen molar-refractivity contribution in [1.29, 1.82) is 0 Å². The molecule has 3 rings (SSSR count). The average molecular weight is 352 g/mol. The number of imidazole rings is 1. The summed E-state index contributed by atoms with van der Waals surface area (Å²) in [6.07, 6.45) is 7.70. The van der Waals surface area contributed by atoms with Gasteiger partial charge >= 0.3 is 0 Å². The topological polar surface area (TPSA) is 123 Å². The molecule has 0 aliphatic rings. The quantitative estimate of drug-likeness (QED) is 0.358. The third kappa shape index (κ3) is 4.47. The monoisotopic (exact) mass is 352 g/mol. The molecule has 0 unspecified atom stereocenters. The number of nitrogen functional groups attached to an aromatic ring is 1. The van der Waals surface area contributed by atoms with Crippen molar-refractivity contribution < 1.29 is 4.79 Å². The highest BCUT2D eigenvalue weighted by Gasteiger charge is 2.09. The molecule has 0 radical (unpaired) electrons. The largest absolute Gasteiger partial charge is 0.393 e. The van der Waals surface area contributed by atoms with E-state index in [1.807, 2.05) is 16.8 Å². The molecule has 0 bridgehead atoms. The van der Waals surface area contributed by atoms with Gasteiger partial charge in [-0.2, -0.15) is 0 Å². The molecule has 0 saturated carbocycles. The maximum atomic E-state index is 12.1. The molecular formula is C17H20N8O. The summed E-state index contributed by atoms with van der Waals surface area (Å²) in [5, 5.41) is 3.17. The number of hydrazine groups is 1. The lowest BCUT2D eigenvalue weighted by molar-refractivity contribution is 0.0962. The van der Waals surface area contributed by atoms with Gasteiger partial charge in [0.25, 0.3) is 5.91 Å². The number of aromatic nitrogens is 4. The summed E-state index contributed by atoms with van der Waals surface area (Å²) < 4.78 is 2.00. The van der Waals surface area contributed by atoms with Crippen LogP contribution in [0.15, 0.2) is 55.4 Å². The Kier molecular flexibility index (Phi) is 5.61. The van der Waals surface area contributed by atoms with Crippen LogP contribution in [-0.4, -0.2) is 32.0 Å². The Morgan fingerprint density at radius 3 is 2.73 bits per heavy atom. The van der Waals surface area contributed by atoms with Gasteiger partial charge in [-0.3, -0.25) is 15.6 Å². The maximum Gasteiger partial charge on any atom is 0.269 e. The number of rotatable bonds is 8. The van der Waals surface area contributed by atoms with E-state index >= 15 is 0 Å². The number of carbonyl (C=O) groups excluding carboxylic acids is 1. The van der Waals surface area contributed by atoms with Gasteiger partial charge in [-0.15, -0.1) is 0 Å². The number of carbonyl (C=O) groups is 1. The first-order valence-electron chi connectivity index (χ1n) is 8.15. The van der Waals surface area contributed by atoms with Crippen molar-refractivity contribution in [1.82, 2.24) is 24.9 Å². The zero-order valence-corrected chi connectivity index (χ0v) is 14.1. The Morgan fingerprint density at radius 1 is 1.15 bits per heavy atom. The lowest BCUT2D eigenvalue weighted by Gasteiger charge is -2.13. The van der Waals surface area contributed by atoms with E-state index in [0.29, 0.717) is 29.4 Å². The van der Waals surface area contributed by atoms with Crippen LogP contribution < -0.4 is 21.9 Å². The number of benzene rings is 1. The van der Waals surface area contributed by atoms with Crippen molar-refractivity contribution in [2.75, 3.05) is 23.0 Å². The zero-order chi connectivity index (χ0) is 18.2. The highest BCUT2D eigenvalue weighted by Crippen LogP contribution is 2.21. The van der Waals surface area contributed by atoms with Crippen LogP contribution in [0.25, 0.3) is 0 Å². The van der Waals surface area contributed by atoms with E-state index in [9.17, 15) is 4.79 Å². The second kappa shape index (κ2) is 8.47. The molecule has 3 aromatic rings. The van der Waals surface area contributed by atoms with Crippen LogP contribution in [0.5, 0.6) is 0 Å². The van der Waals surface area contributed by atoms with Crippen molar-refractivity contribution in [3.8, 4) is 0 Å². The number of nitrogens with one attached hydrogen (secondary N) is 3. The second-order valence-corrected chi connectivity index (χ2v) is 5.51. The van der Waals surface area contributed by atoms with Crippen LogP contribution in [-0.2, 0) is 6.54 Å². The van der Waals surface area contributed by atoms with E-state index in [1.54, 1.807) is 36.8 Å². The number of amides is 1. The van der Waals surface area contributed by atoms with Gasteiger partial charge < -0.3 is 15.6 Å². The van der Waals surface area contributed by atoms with Crippen LogP contribution in [0.1, 0.15) is 16.8 Å². The molecular weight excluding hydrogens is 332 g/mol. The van der Waals surface area contributed by atoms with Crippen molar-refractivity contribution in [3.63, 3.8) is 0 Å². The second-order valence-electron chi connectivity index (χ2n) is 5.51. The first kappa shape index (κ1) is 17.2. The zero-order valence-electron chi connectivity index (χ0n) is 14.1. The fourth-order valence-corrected chi connectivity index (χ4v) is 2.30. The number of nitrogens with two attached hydrogens (primary N) is 1. The maximum absolute atomic E-state index is 12.1. The average Bonchev–Trinajstić information content (AvgIpc) is 3.19. The van der Waals surface area contributed by atoms with Gasteiger partial charge in [0.1, 0.15) is 12.0 Å². The van der Waals surface area contributed by atoms with Crippen molar-refractivity contribution in [2.24, 2.45) is 0 Å². The number of anilines is 3. The van der Waals surface area contributed by atoms with Crippen LogP contribution in [0.2, 0.25) is 0 Å². The van der Waals surface area contributed by atoms with E-state index < -0.39 is 0 Å². The normalized spacial score (nSPS) is 10.3. The minimum atomic E-state index is -0.279. The number of nitrogens with zero attached hydrogens (tertiary/aromatic N) is 4. The first-order chi connectivity index (χ1) is 12.7. The molecule has 2 aromatic heterocycles. The summed E-state index contributed by atoms with van der Waals surface area (Å²) in [4.78, 5) is 24.3. The summed E-state index contributed by atoms with van der Waals surface area (Å²) in [5.41, 5.74) is 12.2. The Balaban J connectivity index is 1.52. The molecule has 0 saturated heterocycles. The molecule has 9 heteroatoms. The van der Waals surface area contributed by atoms with Crippen LogP contribution in [0.4, 0.5) is 17.3 Å². The predicted octanol–water partition coefficient (Wildman–Crippen LogP) is 1.51. The summed E-state index contributed by atoms with van der Waals surface area (Å²) in [5.74, 6) is 0.571. The molecule has 2 heterocycles. The van der Waals surface area contributed by atoms with Crippen LogP contribution in [0.3, 0.4) is 0 Å². The summed E-state index contributed by atoms with van der Waals surface area (Å²) in [6, 6.07) is 8.86. The Morgan fingerprint density at radius 2 is 1.96 bits per heavy atom. The molecule has 1 aromatic carbocycles. The standard InChI is InChI=1S/C17H20N8O/c18-14-15(20-7-4-9-25-10-8-19-12-25)21-11-22-16(14)23-24-17(26)13-5-2-1-3-6-13/h1-3,5-6,8,10-12H,4,7,9,18H2,(H,24,26)(H2,20,21,22,23). The molecule has 0 fully saturated rings. The lowest BCUT2D eigenvalue weighted by Crippen LogP contribution is -2.30. The van der Waals surface area contributed by atoms with Crippen molar-refractivity contribution >= 4 is 23.2 Å². The van der Waals surface area contributed by atoms with Crippen LogP contribution in [0, 0.1) is 0 Å². The molecule has 1 amide bonds. The van der Waals surface area contributed by atoms with E-state index in [2.05, 4.69) is 31.1 Å². The minimum Gasteiger partial charge on any atom is -0.393 e. The predicted molar refractivity (Wildman–Crippen MR) is 99.3 cm³/mol. The number of hydrogen-bond acceptors (Lipinski definition) is 7. The van der Waals surface area contributed by atoms with Crippen molar-refractivity contribution in [2.45, 2.75) is 13.0 Å². The van der Waals surface area contributed by atoms with E-state index in [4.69, 9.17) is 5.73 Å². The molecule has 134 valence electrons. The molecule has 0 atom stereocenters. The van der Waals surface area contributed by atoms with Gasteiger partial charge in [0.15, 0.2) is 11.6 Å². The van der Waals surface area contributed by atoms with Gasteiger partial charge in [0, 0.05) is 31.0 Å². The smallest absolute Gasteiger partial charge is 0.269 e. The van der Waals surface area contributed by atoms with Gasteiger partial charge in [0.05, 0.1) is 6.33 Å². The van der Waals surface area contributed by atoms with E-state index in [0.717, 1.165) is 13.0 Å². The molecule has 0 aliphatic carbocycles. The fourth-order valence-electron chi connectivity index (χ4n) is 2.30. The SMILES string of the molecule is Nc1c(NCCCn2ccnc2)ncnc1NNC(=O)c1ccccc1. The molecule has 26 heavy (non-hydrogen) atoms. The summed E-state index contributed by atoms with van der Waals surface area (Å²) >= 11 is 0. The first-order valence-corrected chi connectivity index (χ1v) is 8.15. The molecule has 0 aliphatic heterocycles. The molecule has 9 nitrogen and oxygen atoms in total. The highest BCUT2D eigenvalue weighted by molar-refractivity contribution is 5.95. The third-order valence-electron chi connectivity index (χ3n) is 3.66. The van der Waals surface area contributed by atoms with E-state index in [1.165, 1.54) is 6.33 Å². The summed E-state index contributed by atoms with van der Waals surface area (Å²) in [6.45, 7) is 1.53. The Labute approximate surface area is 150 Å². The summed E-state index contributed by atoms with van der Waals surface area (Å²) in [7, 11) is 0. The number of aryl methyl sites for hydroxylation is 1. The molecule has 5 N–H and O–H groups in total. The van der Waals surface area contributed by atoms with E-state index in [-0.39, 0.29) is 5.91 Å². The Bertz CT molecular complexity index is 835. The highest BCUT2D eigenvalue weighted by atomic mass is 16.2. The van der Waals surface area contributed by atoms with Gasteiger partial charge in [-0.1, -0.05) is 18.2 Å². The van der Waals surface area contributed by atoms with Crippen LogP contribution >= 0.6 is 0 Å². The Hall–Kier alpha value is -3.62. The minimum absolute atomic E-state index is 0.279. The fraction of sp³-hybridized carbons (Fsp3) is 0.176. The van der Waals surface area contributed by atoms with Crippen molar-refractivity contribution in [3.05, 3.63) is 60.9 Å². The lowest BCUT2D eigenvalue weighted by atomic mass is 10.2. The van der Waals surface area contributed by atoms with Gasteiger partial charge in [-0.05, 0) is 18.6 Å². The van der Waals surface area contributed by atoms with Gasteiger partial charge in [0.2, 0.25) is 0 Å². The molecule has 0 spiro atoms. The number of hydrogen-bond donors (Lipinski definition) is 4.